The van der Waals surface area contributed by atoms with Gasteiger partial charge >= 0.3 is 0 Å². The van der Waals surface area contributed by atoms with Crippen molar-refractivity contribution >= 4 is 42.9 Å². The van der Waals surface area contributed by atoms with E-state index in [0.29, 0.717) is 38.8 Å². The number of halogens is 2. The standard InChI is InChI=1S/C13H14Br2N2O3/c1-8(2)20-9-3-4-10-11(5-9)17(19)13(7-15)12(6-14)16(10)18/h3-5,8H,6-7H2,1-2H3. The molecule has 0 N–H and O–H groups in total. The van der Waals surface area contributed by atoms with Gasteiger partial charge in [0.15, 0.2) is 0 Å². The molecule has 0 aliphatic rings. The summed E-state index contributed by atoms with van der Waals surface area (Å²) in [5.41, 5.74) is 1.43. The minimum atomic E-state index is 0.00406. The van der Waals surface area contributed by atoms with Crippen LogP contribution in [-0.2, 0) is 10.7 Å². The van der Waals surface area contributed by atoms with E-state index >= 15 is 0 Å². The first-order valence-corrected chi connectivity index (χ1v) is 8.33. The van der Waals surface area contributed by atoms with Gasteiger partial charge in [-0.25, -0.2) is 0 Å². The summed E-state index contributed by atoms with van der Waals surface area (Å²) >= 11 is 6.50. The van der Waals surface area contributed by atoms with E-state index in [1.54, 1.807) is 18.2 Å². The van der Waals surface area contributed by atoms with Crippen LogP contribution < -0.4 is 14.2 Å². The summed E-state index contributed by atoms with van der Waals surface area (Å²) < 4.78 is 7.13. The van der Waals surface area contributed by atoms with Crippen molar-refractivity contribution in [2.45, 2.75) is 30.6 Å². The van der Waals surface area contributed by atoms with Crippen LogP contribution in [0.2, 0.25) is 0 Å². The number of ether oxygens (including phenoxy) is 1. The fraction of sp³-hybridized carbons (Fsp3) is 0.385. The molecule has 0 fully saturated rings. The number of aromatic nitrogens is 2. The quantitative estimate of drug-likeness (QED) is 0.446. The first-order valence-electron chi connectivity index (χ1n) is 6.08. The largest absolute Gasteiger partial charge is 0.618 e. The Morgan fingerprint density at radius 2 is 1.60 bits per heavy atom. The maximum absolute atomic E-state index is 12.4. The number of hydrogen-bond donors (Lipinski definition) is 0. The molecule has 0 amide bonds. The number of benzene rings is 1. The molecule has 5 nitrogen and oxygen atoms in total. The number of nitrogens with zero attached hydrogens (tertiary/aromatic N) is 2. The third-order valence-corrected chi connectivity index (χ3v) is 3.90. The zero-order valence-electron chi connectivity index (χ0n) is 11.1. The molecule has 0 radical (unpaired) electrons. The van der Waals surface area contributed by atoms with E-state index in [1.807, 2.05) is 13.8 Å². The maximum Gasteiger partial charge on any atom is 0.294 e. The van der Waals surface area contributed by atoms with Crippen molar-refractivity contribution in [1.29, 1.82) is 0 Å². The van der Waals surface area contributed by atoms with Crippen molar-refractivity contribution in [2.24, 2.45) is 0 Å². The van der Waals surface area contributed by atoms with Gasteiger partial charge in [0.05, 0.1) is 22.8 Å². The van der Waals surface area contributed by atoms with Gasteiger partial charge in [0, 0.05) is 6.07 Å². The monoisotopic (exact) mass is 404 g/mol. The molecule has 0 unspecified atom stereocenters. The topological polar surface area (TPSA) is 63.1 Å². The minimum absolute atomic E-state index is 0.00406. The summed E-state index contributed by atoms with van der Waals surface area (Å²) in [6, 6.07) is 4.90. The minimum Gasteiger partial charge on any atom is -0.618 e. The van der Waals surface area contributed by atoms with Gasteiger partial charge in [0.2, 0.25) is 0 Å². The molecule has 0 saturated carbocycles. The molecule has 0 saturated heterocycles. The molecule has 0 aliphatic carbocycles. The van der Waals surface area contributed by atoms with Crippen LogP contribution >= 0.6 is 31.9 Å². The molecule has 108 valence electrons. The highest BCUT2D eigenvalue weighted by Crippen LogP contribution is 2.20. The Morgan fingerprint density at radius 3 is 2.10 bits per heavy atom. The number of alkyl halides is 2. The van der Waals surface area contributed by atoms with Crippen molar-refractivity contribution < 1.29 is 14.2 Å². The molecule has 2 aromatic rings. The van der Waals surface area contributed by atoms with Crippen LogP contribution in [0.25, 0.3) is 11.0 Å². The predicted molar refractivity (Wildman–Crippen MR) is 82.9 cm³/mol. The number of fused-ring (bicyclic) bond motifs is 1. The maximum atomic E-state index is 12.4. The van der Waals surface area contributed by atoms with Crippen LogP contribution in [0.4, 0.5) is 0 Å². The molecule has 1 heterocycles. The van der Waals surface area contributed by atoms with E-state index in [2.05, 4.69) is 31.9 Å². The first-order chi connectivity index (χ1) is 9.49. The third kappa shape index (κ3) is 2.69. The van der Waals surface area contributed by atoms with E-state index in [4.69, 9.17) is 4.74 Å². The highest BCUT2D eigenvalue weighted by atomic mass is 79.9. The molecule has 0 bridgehead atoms. The summed E-state index contributed by atoms with van der Waals surface area (Å²) in [7, 11) is 0. The molecule has 0 spiro atoms. The van der Waals surface area contributed by atoms with E-state index in [0.717, 1.165) is 9.46 Å². The zero-order valence-corrected chi connectivity index (χ0v) is 14.3. The van der Waals surface area contributed by atoms with Crippen molar-refractivity contribution in [3.63, 3.8) is 0 Å². The number of hydrogen-bond acceptors (Lipinski definition) is 3. The van der Waals surface area contributed by atoms with Crippen molar-refractivity contribution in [2.75, 3.05) is 0 Å². The summed E-state index contributed by atoms with van der Waals surface area (Å²) in [4.78, 5) is 0. The van der Waals surface area contributed by atoms with Crippen LogP contribution in [0.15, 0.2) is 18.2 Å². The van der Waals surface area contributed by atoms with Gasteiger partial charge in [0.1, 0.15) is 5.75 Å². The smallest absolute Gasteiger partial charge is 0.294 e. The fourth-order valence-corrected chi connectivity index (χ4v) is 3.07. The first kappa shape index (κ1) is 15.3. The Bertz CT molecular complexity index is 647. The van der Waals surface area contributed by atoms with Gasteiger partial charge in [-0.1, -0.05) is 31.9 Å². The van der Waals surface area contributed by atoms with E-state index < -0.39 is 0 Å². The van der Waals surface area contributed by atoms with Gasteiger partial charge < -0.3 is 15.2 Å². The molecular formula is C13H14Br2N2O3. The Labute approximate surface area is 133 Å². The van der Waals surface area contributed by atoms with Crippen molar-refractivity contribution in [1.82, 2.24) is 0 Å². The molecule has 0 aliphatic heterocycles. The van der Waals surface area contributed by atoms with Crippen LogP contribution in [0.5, 0.6) is 5.75 Å². The van der Waals surface area contributed by atoms with Gasteiger partial charge in [-0.3, -0.25) is 0 Å². The van der Waals surface area contributed by atoms with Gasteiger partial charge in [-0.05, 0) is 19.9 Å². The molecule has 2 rings (SSSR count). The summed E-state index contributed by atoms with van der Waals surface area (Å²) in [5.74, 6) is 0.573. The Hall–Kier alpha value is -1.08. The molecule has 1 aromatic heterocycles. The molecule has 0 atom stereocenters. The fourth-order valence-electron chi connectivity index (χ4n) is 1.97. The van der Waals surface area contributed by atoms with Crippen molar-refractivity contribution in [3.8, 4) is 5.75 Å². The molecule has 7 heteroatoms. The lowest BCUT2D eigenvalue weighted by molar-refractivity contribution is -0.638. The van der Waals surface area contributed by atoms with Crippen LogP contribution in [0.1, 0.15) is 25.2 Å². The lowest BCUT2D eigenvalue weighted by Gasteiger charge is -2.13. The van der Waals surface area contributed by atoms with Crippen LogP contribution in [-0.4, -0.2) is 6.10 Å². The van der Waals surface area contributed by atoms with E-state index in [9.17, 15) is 10.4 Å². The second-order valence-electron chi connectivity index (χ2n) is 4.57. The Balaban J connectivity index is 2.72. The highest BCUT2D eigenvalue weighted by molar-refractivity contribution is 9.09. The lowest BCUT2D eigenvalue weighted by atomic mass is 10.2. The van der Waals surface area contributed by atoms with E-state index in [-0.39, 0.29) is 6.10 Å². The van der Waals surface area contributed by atoms with Crippen LogP contribution in [0.3, 0.4) is 0 Å². The SMILES string of the molecule is CC(C)Oc1ccc2c(c1)[n+]([O-])c(CBr)c(CBr)[n+]2[O-]. The lowest BCUT2D eigenvalue weighted by Crippen LogP contribution is -2.45. The average molecular weight is 406 g/mol. The van der Waals surface area contributed by atoms with E-state index in [1.165, 1.54) is 0 Å². The normalized spacial score (nSPS) is 11.2. The molecule has 20 heavy (non-hydrogen) atoms. The predicted octanol–water partition coefficient (Wildman–Crippen LogP) is 2.68. The summed E-state index contributed by atoms with van der Waals surface area (Å²) in [6.07, 6.45) is 0.00406. The zero-order chi connectivity index (χ0) is 14.9. The molecule has 1 aromatic carbocycles. The van der Waals surface area contributed by atoms with Gasteiger partial charge in [-0.2, -0.15) is 9.46 Å². The third-order valence-electron chi connectivity index (χ3n) is 2.83. The molecular weight excluding hydrogens is 392 g/mol. The Morgan fingerprint density at radius 1 is 1.05 bits per heavy atom. The van der Waals surface area contributed by atoms with Gasteiger partial charge in [-0.15, -0.1) is 0 Å². The number of rotatable bonds is 4. The Kier molecular flexibility index (Phi) is 4.70. The van der Waals surface area contributed by atoms with Crippen molar-refractivity contribution in [3.05, 3.63) is 40.0 Å². The van der Waals surface area contributed by atoms with Crippen LogP contribution in [0, 0.1) is 10.4 Å². The average Bonchev–Trinajstić information content (AvgIpc) is 2.41. The highest BCUT2D eigenvalue weighted by Gasteiger charge is 2.26. The second-order valence-corrected chi connectivity index (χ2v) is 5.69. The summed E-state index contributed by atoms with van der Waals surface area (Å²) in [6.45, 7) is 3.81. The second kappa shape index (κ2) is 6.13. The van der Waals surface area contributed by atoms with Gasteiger partial charge in [0.25, 0.3) is 22.4 Å². The summed E-state index contributed by atoms with van der Waals surface area (Å²) in [5, 5.41) is 25.3.